The second-order valence-electron chi connectivity index (χ2n) is 4.16. The van der Waals surface area contributed by atoms with Crippen LogP contribution >= 0.6 is 15.9 Å². The highest BCUT2D eigenvalue weighted by Gasteiger charge is 2.07. The predicted molar refractivity (Wildman–Crippen MR) is 81.6 cm³/mol. The molecule has 0 fully saturated rings. The predicted octanol–water partition coefficient (Wildman–Crippen LogP) is 3.63. The monoisotopic (exact) mass is 332 g/mol. The zero-order chi connectivity index (χ0) is 13.9. The summed E-state index contributed by atoms with van der Waals surface area (Å²) in [5.74, 6) is 1.52. The Labute approximate surface area is 124 Å². The van der Waals surface area contributed by atoms with E-state index in [1.54, 1.807) is 6.20 Å². The number of benzene rings is 1. The molecule has 0 aliphatic heterocycles. The molecule has 0 radical (unpaired) electrons. The topological polar surface area (TPSA) is 51.5 Å². The van der Waals surface area contributed by atoms with E-state index in [1.165, 1.54) is 0 Å². The minimum atomic E-state index is 0.642. The molecule has 102 valence electrons. The van der Waals surface area contributed by atoms with Gasteiger partial charge in [0.15, 0.2) is 11.5 Å². The number of rotatable bonds is 4. The number of ether oxygens (including phenoxy) is 1. The Morgan fingerprint density at radius 3 is 3.15 bits per heavy atom. The second-order valence-corrected chi connectivity index (χ2v) is 4.97. The highest BCUT2D eigenvalue weighted by molar-refractivity contribution is 9.10. The summed E-state index contributed by atoms with van der Waals surface area (Å²) in [7, 11) is 0. The summed E-state index contributed by atoms with van der Waals surface area (Å²) in [6, 6.07) is 7.76. The fraction of sp³-hybridized carbons (Fsp3) is 0.143. The average Bonchev–Trinajstić information content (AvgIpc) is 2.87. The summed E-state index contributed by atoms with van der Waals surface area (Å²) < 4.78 is 8.14. The summed E-state index contributed by atoms with van der Waals surface area (Å²) in [6.45, 7) is 2.60. The molecule has 2 aromatic heterocycles. The lowest BCUT2D eigenvalue weighted by Gasteiger charge is -2.09. The van der Waals surface area contributed by atoms with Gasteiger partial charge in [0.1, 0.15) is 10.4 Å². The molecule has 3 rings (SSSR count). The Kier molecular flexibility index (Phi) is 3.56. The number of fused-ring (bicyclic) bond motifs is 1. The van der Waals surface area contributed by atoms with Gasteiger partial charge in [-0.1, -0.05) is 6.07 Å². The Hall–Kier alpha value is -2.08. The van der Waals surface area contributed by atoms with Gasteiger partial charge in [-0.05, 0) is 35.0 Å². The van der Waals surface area contributed by atoms with Gasteiger partial charge in [-0.25, -0.2) is 9.97 Å². The minimum Gasteiger partial charge on any atom is -0.494 e. The smallest absolute Gasteiger partial charge is 0.180 e. The number of anilines is 2. The molecule has 6 heteroatoms. The number of nitrogens with one attached hydrogen (secondary N) is 1. The standard InChI is InChI=1S/C14H13BrN4O/c1-2-20-11-5-3-4-10(8-11)17-13-14-16-6-7-19(14)9-12(15)18-13/h3-9H,2H2,1H3,(H,17,18). The van der Waals surface area contributed by atoms with Gasteiger partial charge in [0.2, 0.25) is 0 Å². The van der Waals surface area contributed by atoms with Crippen LogP contribution < -0.4 is 10.1 Å². The zero-order valence-electron chi connectivity index (χ0n) is 10.9. The van der Waals surface area contributed by atoms with Crippen molar-refractivity contribution in [3.8, 4) is 5.75 Å². The molecule has 0 atom stereocenters. The molecule has 0 bridgehead atoms. The maximum atomic E-state index is 5.49. The van der Waals surface area contributed by atoms with Gasteiger partial charge >= 0.3 is 0 Å². The first-order valence-electron chi connectivity index (χ1n) is 6.25. The van der Waals surface area contributed by atoms with Gasteiger partial charge < -0.3 is 14.5 Å². The third-order valence-electron chi connectivity index (χ3n) is 2.75. The third kappa shape index (κ3) is 2.60. The minimum absolute atomic E-state index is 0.642. The van der Waals surface area contributed by atoms with E-state index >= 15 is 0 Å². The van der Waals surface area contributed by atoms with E-state index in [0.29, 0.717) is 12.4 Å². The lowest BCUT2D eigenvalue weighted by atomic mass is 10.3. The summed E-state index contributed by atoms with van der Waals surface area (Å²) >= 11 is 3.40. The quantitative estimate of drug-likeness (QED) is 0.792. The van der Waals surface area contributed by atoms with E-state index in [1.807, 2.05) is 48.0 Å². The highest BCUT2D eigenvalue weighted by Crippen LogP contribution is 2.24. The van der Waals surface area contributed by atoms with Crippen LogP contribution in [0.25, 0.3) is 5.65 Å². The molecule has 0 unspecified atom stereocenters. The fourth-order valence-corrected chi connectivity index (χ4v) is 2.35. The van der Waals surface area contributed by atoms with E-state index in [-0.39, 0.29) is 0 Å². The highest BCUT2D eigenvalue weighted by atomic mass is 79.9. The number of hydrogen-bond donors (Lipinski definition) is 1. The first-order chi connectivity index (χ1) is 9.76. The van der Waals surface area contributed by atoms with Crippen molar-refractivity contribution >= 4 is 33.1 Å². The molecule has 3 aromatic rings. The van der Waals surface area contributed by atoms with Crippen LogP contribution in [-0.2, 0) is 0 Å². The molecule has 0 aliphatic rings. The fourth-order valence-electron chi connectivity index (χ4n) is 1.95. The van der Waals surface area contributed by atoms with E-state index in [0.717, 1.165) is 21.7 Å². The first-order valence-corrected chi connectivity index (χ1v) is 7.04. The number of nitrogens with zero attached hydrogens (tertiary/aromatic N) is 3. The molecule has 20 heavy (non-hydrogen) atoms. The van der Waals surface area contributed by atoms with E-state index in [2.05, 4.69) is 31.2 Å². The lowest BCUT2D eigenvalue weighted by Crippen LogP contribution is -1.99. The van der Waals surface area contributed by atoms with Crippen LogP contribution in [0.2, 0.25) is 0 Å². The van der Waals surface area contributed by atoms with Crippen molar-refractivity contribution in [1.29, 1.82) is 0 Å². The van der Waals surface area contributed by atoms with E-state index in [4.69, 9.17) is 4.74 Å². The maximum Gasteiger partial charge on any atom is 0.180 e. The van der Waals surface area contributed by atoms with Crippen LogP contribution in [0.4, 0.5) is 11.5 Å². The lowest BCUT2D eigenvalue weighted by molar-refractivity contribution is 0.340. The summed E-state index contributed by atoms with van der Waals surface area (Å²) in [6.07, 6.45) is 5.49. The molecule has 0 saturated heterocycles. The largest absolute Gasteiger partial charge is 0.494 e. The van der Waals surface area contributed by atoms with Crippen LogP contribution in [0.15, 0.2) is 47.5 Å². The third-order valence-corrected chi connectivity index (χ3v) is 3.13. The van der Waals surface area contributed by atoms with Crippen molar-refractivity contribution in [2.45, 2.75) is 6.92 Å². The normalized spacial score (nSPS) is 10.7. The zero-order valence-corrected chi connectivity index (χ0v) is 12.5. The van der Waals surface area contributed by atoms with Gasteiger partial charge in [-0.15, -0.1) is 0 Å². The van der Waals surface area contributed by atoms with Crippen molar-refractivity contribution in [2.75, 3.05) is 11.9 Å². The van der Waals surface area contributed by atoms with Gasteiger partial charge in [0, 0.05) is 30.3 Å². The van der Waals surface area contributed by atoms with Crippen LogP contribution in [0.3, 0.4) is 0 Å². The summed E-state index contributed by atoms with van der Waals surface area (Å²) in [4.78, 5) is 8.73. The van der Waals surface area contributed by atoms with Crippen molar-refractivity contribution in [2.24, 2.45) is 0 Å². The Bertz CT molecular complexity index is 741. The van der Waals surface area contributed by atoms with Gasteiger partial charge in [-0.3, -0.25) is 0 Å². The van der Waals surface area contributed by atoms with E-state index < -0.39 is 0 Å². The average molecular weight is 333 g/mol. The van der Waals surface area contributed by atoms with Crippen molar-refractivity contribution in [3.63, 3.8) is 0 Å². The molecule has 1 N–H and O–H groups in total. The van der Waals surface area contributed by atoms with Gasteiger partial charge in [-0.2, -0.15) is 0 Å². The van der Waals surface area contributed by atoms with Gasteiger partial charge in [0.05, 0.1) is 6.61 Å². The Morgan fingerprint density at radius 2 is 2.30 bits per heavy atom. The van der Waals surface area contributed by atoms with Crippen molar-refractivity contribution in [3.05, 3.63) is 47.5 Å². The molecular formula is C14H13BrN4O. The van der Waals surface area contributed by atoms with Crippen LogP contribution in [0.1, 0.15) is 6.92 Å². The molecule has 2 heterocycles. The van der Waals surface area contributed by atoms with Crippen molar-refractivity contribution in [1.82, 2.24) is 14.4 Å². The van der Waals surface area contributed by atoms with Crippen LogP contribution in [0.5, 0.6) is 5.75 Å². The first kappa shape index (κ1) is 12.9. The summed E-state index contributed by atoms with van der Waals surface area (Å²) in [5.41, 5.74) is 1.68. The van der Waals surface area contributed by atoms with Crippen LogP contribution in [-0.4, -0.2) is 21.0 Å². The number of halogens is 1. The second kappa shape index (κ2) is 5.50. The molecule has 0 amide bonds. The molecule has 1 aromatic carbocycles. The molecular weight excluding hydrogens is 320 g/mol. The summed E-state index contributed by atoms with van der Waals surface area (Å²) in [5, 5.41) is 3.27. The van der Waals surface area contributed by atoms with E-state index in [9.17, 15) is 0 Å². The number of imidazole rings is 1. The Morgan fingerprint density at radius 1 is 1.40 bits per heavy atom. The SMILES string of the molecule is CCOc1cccc(Nc2nc(Br)cn3ccnc23)c1. The number of hydrogen-bond acceptors (Lipinski definition) is 4. The molecule has 5 nitrogen and oxygen atoms in total. The van der Waals surface area contributed by atoms with Crippen molar-refractivity contribution < 1.29 is 4.74 Å². The maximum absolute atomic E-state index is 5.49. The van der Waals surface area contributed by atoms with Gasteiger partial charge in [0.25, 0.3) is 0 Å². The molecule has 0 aliphatic carbocycles. The molecule has 0 spiro atoms. The molecule has 0 saturated carbocycles. The number of aromatic nitrogens is 3. The Balaban J connectivity index is 1.96. The van der Waals surface area contributed by atoms with Crippen LogP contribution in [0, 0.1) is 0 Å².